The minimum absolute atomic E-state index is 0.123. The first-order valence-electron chi connectivity index (χ1n) is 6.73. The van der Waals surface area contributed by atoms with Gasteiger partial charge in [0.1, 0.15) is 11.5 Å². The number of nitrogens with one attached hydrogen (secondary N) is 1. The molecule has 0 radical (unpaired) electrons. The second-order valence-corrected chi connectivity index (χ2v) is 5.77. The van der Waals surface area contributed by atoms with Crippen molar-refractivity contribution in [2.45, 2.75) is 17.9 Å². The predicted octanol–water partition coefficient (Wildman–Crippen LogP) is 4.55. The molecule has 21 heavy (non-hydrogen) atoms. The quantitative estimate of drug-likeness (QED) is 0.416. The fourth-order valence-electron chi connectivity index (χ4n) is 2.06. The second kappa shape index (κ2) is 7.09. The van der Waals surface area contributed by atoms with Crippen molar-refractivity contribution in [3.63, 3.8) is 0 Å². The topological polar surface area (TPSA) is 52.5 Å². The molecule has 0 fully saturated rings. The largest absolute Gasteiger partial charge is 0.508 e. The molecule has 0 bridgehead atoms. The molecule has 2 aromatic rings. The standard InChI is InChI=1S/C17H19NO2S/c1-3-10-21-17-7-5-4-6-15(17)18-12(2)14-11-13(19)8-9-16(14)20/h3-9,11-12,18-20H,1,10H2,2H3. The van der Waals surface area contributed by atoms with Crippen molar-refractivity contribution in [3.05, 3.63) is 60.7 Å². The molecular formula is C17H19NO2S. The van der Waals surface area contributed by atoms with Crippen LogP contribution in [0.4, 0.5) is 5.69 Å². The van der Waals surface area contributed by atoms with Gasteiger partial charge in [0.2, 0.25) is 0 Å². The zero-order valence-corrected chi connectivity index (χ0v) is 12.7. The van der Waals surface area contributed by atoms with Crippen LogP contribution in [-0.4, -0.2) is 16.0 Å². The molecule has 0 amide bonds. The molecule has 0 aliphatic heterocycles. The van der Waals surface area contributed by atoms with Crippen molar-refractivity contribution in [1.29, 1.82) is 0 Å². The summed E-state index contributed by atoms with van der Waals surface area (Å²) in [6.07, 6.45) is 1.87. The number of hydrogen-bond acceptors (Lipinski definition) is 4. The molecule has 0 aliphatic rings. The van der Waals surface area contributed by atoms with Crippen LogP contribution < -0.4 is 5.32 Å². The molecule has 3 N–H and O–H groups in total. The maximum Gasteiger partial charge on any atom is 0.121 e. The summed E-state index contributed by atoms with van der Waals surface area (Å²) in [7, 11) is 0. The highest BCUT2D eigenvalue weighted by atomic mass is 32.2. The predicted molar refractivity (Wildman–Crippen MR) is 89.2 cm³/mol. The number of phenolic OH excluding ortho intramolecular Hbond substituents is 2. The Labute approximate surface area is 129 Å². The minimum Gasteiger partial charge on any atom is -0.508 e. The molecule has 2 rings (SSSR count). The number of benzene rings is 2. The van der Waals surface area contributed by atoms with Crippen LogP contribution in [-0.2, 0) is 0 Å². The van der Waals surface area contributed by atoms with Crippen molar-refractivity contribution in [2.75, 3.05) is 11.1 Å². The maximum atomic E-state index is 9.92. The average Bonchev–Trinajstić information content (AvgIpc) is 2.48. The van der Waals surface area contributed by atoms with E-state index in [-0.39, 0.29) is 17.5 Å². The second-order valence-electron chi connectivity index (χ2n) is 4.70. The summed E-state index contributed by atoms with van der Waals surface area (Å²) in [6, 6.07) is 12.4. The summed E-state index contributed by atoms with van der Waals surface area (Å²) in [4.78, 5) is 1.13. The van der Waals surface area contributed by atoms with Crippen LogP contribution in [0.15, 0.2) is 60.0 Å². The van der Waals surface area contributed by atoms with Gasteiger partial charge < -0.3 is 15.5 Å². The highest BCUT2D eigenvalue weighted by Gasteiger charge is 2.12. The molecule has 0 aliphatic carbocycles. The van der Waals surface area contributed by atoms with Crippen LogP contribution in [0.5, 0.6) is 11.5 Å². The van der Waals surface area contributed by atoms with Gasteiger partial charge in [0.15, 0.2) is 0 Å². The molecule has 0 heterocycles. The average molecular weight is 301 g/mol. The van der Waals surface area contributed by atoms with E-state index in [1.807, 2.05) is 37.3 Å². The van der Waals surface area contributed by atoms with Gasteiger partial charge in [-0.15, -0.1) is 18.3 Å². The first-order chi connectivity index (χ1) is 10.1. The van der Waals surface area contributed by atoms with Crippen molar-refractivity contribution in [2.24, 2.45) is 0 Å². The Morgan fingerprint density at radius 3 is 2.76 bits per heavy atom. The summed E-state index contributed by atoms with van der Waals surface area (Å²) in [5.41, 5.74) is 1.66. The van der Waals surface area contributed by atoms with Crippen LogP contribution in [0, 0.1) is 0 Å². The number of para-hydroxylation sites is 1. The van der Waals surface area contributed by atoms with E-state index < -0.39 is 0 Å². The fourth-order valence-corrected chi connectivity index (χ4v) is 2.81. The Bertz CT molecular complexity index is 628. The van der Waals surface area contributed by atoms with Gasteiger partial charge in [-0.1, -0.05) is 18.2 Å². The summed E-state index contributed by atoms with van der Waals surface area (Å²) < 4.78 is 0. The Morgan fingerprint density at radius 1 is 1.24 bits per heavy atom. The molecule has 1 atom stereocenters. The molecule has 110 valence electrons. The summed E-state index contributed by atoms with van der Waals surface area (Å²) in [6.45, 7) is 5.68. The van der Waals surface area contributed by atoms with Crippen molar-refractivity contribution in [3.8, 4) is 11.5 Å². The lowest BCUT2D eigenvalue weighted by atomic mass is 10.1. The molecule has 2 aromatic carbocycles. The molecule has 0 saturated heterocycles. The monoisotopic (exact) mass is 301 g/mol. The van der Waals surface area contributed by atoms with Gasteiger partial charge in [-0.25, -0.2) is 0 Å². The van der Waals surface area contributed by atoms with E-state index in [9.17, 15) is 10.2 Å². The van der Waals surface area contributed by atoms with Crippen molar-refractivity contribution < 1.29 is 10.2 Å². The van der Waals surface area contributed by atoms with Gasteiger partial charge in [-0.05, 0) is 37.3 Å². The van der Waals surface area contributed by atoms with Gasteiger partial charge in [-0.2, -0.15) is 0 Å². The van der Waals surface area contributed by atoms with E-state index in [2.05, 4.69) is 11.9 Å². The number of thioether (sulfide) groups is 1. The number of aromatic hydroxyl groups is 2. The van der Waals surface area contributed by atoms with E-state index in [1.165, 1.54) is 12.1 Å². The fraction of sp³-hybridized carbons (Fsp3) is 0.176. The smallest absolute Gasteiger partial charge is 0.121 e. The van der Waals surface area contributed by atoms with E-state index >= 15 is 0 Å². The van der Waals surface area contributed by atoms with Crippen molar-refractivity contribution in [1.82, 2.24) is 0 Å². The number of rotatable bonds is 6. The van der Waals surface area contributed by atoms with Gasteiger partial charge in [-0.3, -0.25) is 0 Å². The summed E-state index contributed by atoms with van der Waals surface area (Å²) in [5.74, 6) is 1.15. The highest BCUT2D eigenvalue weighted by Crippen LogP contribution is 2.33. The molecule has 1 unspecified atom stereocenters. The third-order valence-corrected chi connectivity index (χ3v) is 4.16. The van der Waals surface area contributed by atoms with E-state index in [0.29, 0.717) is 5.56 Å². The lowest BCUT2D eigenvalue weighted by Gasteiger charge is -2.19. The molecule has 4 heteroatoms. The van der Waals surface area contributed by atoms with E-state index in [1.54, 1.807) is 17.8 Å². The SMILES string of the molecule is C=CCSc1ccccc1NC(C)c1cc(O)ccc1O. The lowest BCUT2D eigenvalue weighted by molar-refractivity contribution is 0.451. The first-order valence-corrected chi connectivity index (χ1v) is 7.71. The summed E-state index contributed by atoms with van der Waals surface area (Å²) in [5, 5.41) is 22.9. The van der Waals surface area contributed by atoms with Gasteiger partial charge in [0.05, 0.1) is 6.04 Å². The molecular weight excluding hydrogens is 282 g/mol. The Morgan fingerprint density at radius 2 is 2.00 bits per heavy atom. The summed E-state index contributed by atoms with van der Waals surface area (Å²) >= 11 is 1.70. The van der Waals surface area contributed by atoms with Crippen LogP contribution in [0.25, 0.3) is 0 Å². The molecule has 3 nitrogen and oxygen atoms in total. The van der Waals surface area contributed by atoms with Crippen LogP contribution in [0.3, 0.4) is 0 Å². The number of anilines is 1. The minimum atomic E-state index is -0.123. The van der Waals surface area contributed by atoms with E-state index in [0.717, 1.165) is 16.3 Å². The Hall–Kier alpha value is -2.07. The van der Waals surface area contributed by atoms with Crippen LogP contribution in [0.2, 0.25) is 0 Å². The first kappa shape index (κ1) is 15.3. The maximum absolute atomic E-state index is 9.92. The number of hydrogen-bond donors (Lipinski definition) is 3. The highest BCUT2D eigenvalue weighted by molar-refractivity contribution is 7.99. The van der Waals surface area contributed by atoms with Gasteiger partial charge >= 0.3 is 0 Å². The lowest BCUT2D eigenvalue weighted by Crippen LogP contribution is -2.07. The van der Waals surface area contributed by atoms with Crippen LogP contribution >= 0.6 is 11.8 Å². The normalized spacial score (nSPS) is 11.9. The zero-order valence-electron chi connectivity index (χ0n) is 11.9. The Kier molecular flexibility index (Phi) is 5.17. The zero-order chi connectivity index (χ0) is 15.2. The van der Waals surface area contributed by atoms with E-state index in [4.69, 9.17) is 0 Å². The number of phenols is 2. The third-order valence-electron chi connectivity index (χ3n) is 3.09. The molecule has 0 spiro atoms. The van der Waals surface area contributed by atoms with Crippen LogP contribution in [0.1, 0.15) is 18.5 Å². The van der Waals surface area contributed by atoms with Crippen molar-refractivity contribution >= 4 is 17.4 Å². The van der Waals surface area contributed by atoms with Gasteiger partial charge in [0, 0.05) is 21.9 Å². The Balaban J connectivity index is 2.21. The molecule has 0 saturated carbocycles. The van der Waals surface area contributed by atoms with Gasteiger partial charge in [0.25, 0.3) is 0 Å². The molecule has 0 aromatic heterocycles. The third kappa shape index (κ3) is 3.95.